The van der Waals surface area contributed by atoms with Crippen LogP contribution in [-0.4, -0.2) is 0 Å². The minimum absolute atomic E-state index is 0.0908. The Labute approximate surface area is 180 Å². The summed E-state index contributed by atoms with van der Waals surface area (Å²) in [6.45, 7) is 10.9. The summed E-state index contributed by atoms with van der Waals surface area (Å²) in [7, 11) is 0. The van der Waals surface area contributed by atoms with Gasteiger partial charge in [0.2, 0.25) is 0 Å². The Hall–Kier alpha value is -3.53. The van der Waals surface area contributed by atoms with Crippen LogP contribution in [0.15, 0.2) is 97.1 Å². The second-order valence-electron chi connectivity index (χ2n) is 7.40. The molecule has 0 fully saturated rings. The zero-order valence-electron chi connectivity index (χ0n) is 17.5. The molecule has 158 valence electrons. The number of hydrogen-bond donors (Lipinski definition) is 0. The van der Waals surface area contributed by atoms with Gasteiger partial charge in [0.25, 0.3) is 0 Å². The van der Waals surface area contributed by atoms with E-state index in [0.717, 1.165) is 11.1 Å². The number of hydrogen-bond acceptors (Lipinski definition) is 1. The first-order valence-electron chi connectivity index (χ1n) is 9.75. The summed E-state index contributed by atoms with van der Waals surface area (Å²) in [6, 6.07) is 17.2. The minimum Gasteiger partial charge on any atom is -0.486 e. The second-order valence-corrected chi connectivity index (χ2v) is 7.40. The third-order valence-electron chi connectivity index (χ3n) is 4.76. The normalized spacial score (nSPS) is 11.3. The van der Waals surface area contributed by atoms with E-state index in [2.05, 4.69) is 13.2 Å². The zero-order valence-corrected chi connectivity index (χ0v) is 17.5. The Kier molecular flexibility index (Phi) is 6.81. The van der Waals surface area contributed by atoms with E-state index in [1.165, 1.54) is 6.08 Å². The zero-order chi connectivity index (χ0) is 22.5. The highest BCUT2D eigenvalue weighted by Crippen LogP contribution is 2.32. The lowest BCUT2D eigenvalue weighted by Crippen LogP contribution is -1.96. The molecule has 31 heavy (non-hydrogen) atoms. The predicted octanol–water partition coefficient (Wildman–Crippen LogP) is 8.07. The number of halogens is 3. The van der Waals surface area contributed by atoms with Crippen LogP contribution in [0.2, 0.25) is 0 Å². The maximum Gasteiger partial charge on any atom is 0.167 e. The first-order chi connectivity index (χ1) is 14.8. The monoisotopic (exact) mass is 420 g/mol. The molecule has 0 saturated heterocycles. The van der Waals surface area contributed by atoms with Gasteiger partial charge in [-0.3, -0.25) is 0 Å². The third kappa shape index (κ3) is 5.34. The van der Waals surface area contributed by atoms with Crippen LogP contribution < -0.4 is 0 Å². The van der Waals surface area contributed by atoms with Crippen LogP contribution in [-0.2, 0) is 11.3 Å². The summed E-state index contributed by atoms with van der Waals surface area (Å²) in [5.74, 6) is -2.46. The highest BCUT2D eigenvalue weighted by atomic mass is 19.2. The molecular formula is C27H23F3O. The largest absolute Gasteiger partial charge is 0.486 e. The van der Waals surface area contributed by atoms with Gasteiger partial charge in [0.1, 0.15) is 12.4 Å². The highest BCUT2D eigenvalue weighted by molar-refractivity contribution is 5.72. The van der Waals surface area contributed by atoms with E-state index in [9.17, 15) is 13.2 Å². The van der Waals surface area contributed by atoms with Gasteiger partial charge in [0.15, 0.2) is 17.5 Å². The fourth-order valence-electron chi connectivity index (χ4n) is 3.05. The Bertz CT molecular complexity index is 1140. The molecule has 0 amide bonds. The van der Waals surface area contributed by atoms with E-state index >= 15 is 0 Å². The van der Waals surface area contributed by atoms with Gasteiger partial charge in [0.05, 0.1) is 0 Å². The summed E-state index contributed by atoms with van der Waals surface area (Å²) < 4.78 is 48.7. The molecule has 0 spiro atoms. The molecule has 0 aromatic heterocycles. The van der Waals surface area contributed by atoms with Crippen LogP contribution >= 0.6 is 0 Å². The first-order valence-corrected chi connectivity index (χ1v) is 9.75. The van der Waals surface area contributed by atoms with E-state index in [-0.39, 0.29) is 23.5 Å². The molecule has 0 aliphatic heterocycles. The summed E-state index contributed by atoms with van der Waals surface area (Å²) >= 11 is 0. The standard InChI is InChI=1S/C27H23F3O/c1-17(2)15-25(28)19(4)31-16-20-7-11-22(12-8-20)24-14-13-23(26(29)27(24)30)21-9-5-18(3)6-10-21/h5-15H,1,4,16H2,2-3H3/b25-15+. The molecule has 0 radical (unpaired) electrons. The fraction of sp³-hybridized carbons (Fsp3) is 0.111. The molecule has 0 aliphatic carbocycles. The molecule has 0 saturated carbocycles. The van der Waals surface area contributed by atoms with E-state index in [1.54, 1.807) is 55.5 Å². The van der Waals surface area contributed by atoms with Crippen LogP contribution in [0.5, 0.6) is 0 Å². The Balaban J connectivity index is 1.76. The van der Waals surface area contributed by atoms with Crippen LogP contribution in [0.3, 0.4) is 0 Å². The number of benzene rings is 3. The molecule has 0 aliphatic rings. The highest BCUT2D eigenvalue weighted by Gasteiger charge is 2.16. The van der Waals surface area contributed by atoms with E-state index in [4.69, 9.17) is 4.74 Å². The van der Waals surface area contributed by atoms with Crippen molar-refractivity contribution in [3.8, 4) is 22.3 Å². The lowest BCUT2D eigenvalue weighted by atomic mass is 9.98. The van der Waals surface area contributed by atoms with Crippen molar-refractivity contribution in [3.05, 3.63) is 120 Å². The maximum atomic E-state index is 14.8. The van der Waals surface area contributed by atoms with Crippen molar-refractivity contribution < 1.29 is 17.9 Å². The number of allylic oxidation sites excluding steroid dienone is 3. The molecule has 3 aromatic carbocycles. The van der Waals surface area contributed by atoms with E-state index < -0.39 is 17.5 Å². The summed E-state index contributed by atoms with van der Waals surface area (Å²) in [6.07, 6.45) is 1.24. The van der Waals surface area contributed by atoms with Crippen LogP contribution in [0.1, 0.15) is 18.1 Å². The molecular weight excluding hydrogens is 397 g/mol. The molecule has 4 heteroatoms. The van der Waals surface area contributed by atoms with Gasteiger partial charge in [-0.25, -0.2) is 13.2 Å². The van der Waals surface area contributed by atoms with Gasteiger partial charge in [-0.05, 0) is 36.6 Å². The number of aryl methyl sites for hydroxylation is 1. The van der Waals surface area contributed by atoms with Crippen LogP contribution in [0, 0.1) is 18.6 Å². The average Bonchev–Trinajstić information content (AvgIpc) is 2.74. The van der Waals surface area contributed by atoms with Crippen molar-refractivity contribution in [2.75, 3.05) is 0 Å². The van der Waals surface area contributed by atoms with E-state index in [1.807, 2.05) is 19.1 Å². The third-order valence-corrected chi connectivity index (χ3v) is 4.76. The van der Waals surface area contributed by atoms with E-state index in [0.29, 0.717) is 16.7 Å². The Morgan fingerprint density at radius 3 is 1.81 bits per heavy atom. The molecule has 3 rings (SSSR count). The van der Waals surface area contributed by atoms with Gasteiger partial charge < -0.3 is 4.74 Å². The van der Waals surface area contributed by atoms with Gasteiger partial charge >= 0.3 is 0 Å². The van der Waals surface area contributed by atoms with Gasteiger partial charge in [-0.15, -0.1) is 0 Å². The first kappa shape index (κ1) is 22.2. The van der Waals surface area contributed by atoms with Crippen molar-refractivity contribution in [2.45, 2.75) is 20.5 Å². The molecule has 0 heterocycles. The Morgan fingerprint density at radius 2 is 1.32 bits per heavy atom. The maximum absolute atomic E-state index is 14.8. The van der Waals surface area contributed by atoms with Crippen molar-refractivity contribution >= 4 is 0 Å². The average molecular weight is 420 g/mol. The predicted molar refractivity (Wildman–Crippen MR) is 120 cm³/mol. The quantitative estimate of drug-likeness (QED) is 0.277. The van der Waals surface area contributed by atoms with Gasteiger partial charge in [-0.2, -0.15) is 0 Å². The number of rotatable bonds is 7. The molecule has 1 nitrogen and oxygen atoms in total. The Morgan fingerprint density at radius 1 is 0.839 bits per heavy atom. The second kappa shape index (κ2) is 9.52. The van der Waals surface area contributed by atoms with Crippen molar-refractivity contribution in [1.29, 1.82) is 0 Å². The van der Waals surface area contributed by atoms with Gasteiger partial charge in [-0.1, -0.05) is 85.0 Å². The summed E-state index contributed by atoms with van der Waals surface area (Å²) in [4.78, 5) is 0. The molecule has 0 unspecified atom stereocenters. The molecule has 0 bridgehead atoms. The van der Waals surface area contributed by atoms with Crippen molar-refractivity contribution in [2.24, 2.45) is 0 Å². The summed E-state index contributed by atoms with van der Waals surface area (Å²) in [5.41, 5.74) is 3.87. The topological polar surface area (TPSA) is 9.23 Å². The lowest BCUT2D eigenvalue weighted by molar-refractivity contribution is 0.197. The lowest BCUT2D eigenvalue weighted by Gasteiger charge is -2.11. The van der Waals surface area contributed by atoms with Crippen molar-refractivity contribution in [3.63, 3.8) is 0 Å². The fourth-order valence-corrected chi connectivity index (χ4v) is 3.05. The molecule has 3 aromatic rings. The van der Waals surface area contributed by atoms with Crippen LogP contribution in [0.25, 0.3) is 22.3 Å². The van der Waals surface area contributed by atoms with Crippen LogP contribution in [0.4, 0.5) is 13.2 Å². The molecule has 0 atom stereocenters. The number of ether oxygens (including phenoxy) is 1. The van der Waals surface area contributed by atoms with Crippen molar-refractivity contribution in [1.82, 2.24) is 0 Å². The SMILES string of the molecule is C=C(C)/C=C(/F)C(=C)OCc1ccc(-c2ccc(-c3ccc(C)cc3)c(F)c2F)cc1. The summed E-state index contributed by atoms with van der Waals surface area (Å²) in [5, 5.41) is 0. The smallest absolute Gasteiger partial charge is 0.167 e. The minimum atomic E-state index is -0.901. The molecule has 0 N–H and O–H groups in total. The van der Waals surface area contributed by atoms with Gasteiger partial charge in [0, 0.05) is 11.1 Å².